The summed E-state index contributed by atoms with van der Waals surface area (Å²) in [7, 11) is 1.69. The molecule has 1 aliphatic rings. The highest BCUT2D eigenvalue weighted by Crippen LogP contribution is 2.21. The van der Waals surface area contributed by atoms with Crippen molar-refractivity contribution in [1.82, 2.24) is 24.1 Å². The normalized spacial score (nSPS) is 13.9. The molecule has 0 fully saturated rings. The van der Waals surface area contributed by atoms with Gasteiger partial charge in [-0.25, -0.2) is 9.50 Å². The summed E-state index contributed by atoms with van der Waals surface area (Å²) in [6, 6.07) is 3.72. The predicted octanol–water partition coefficient (Wildman–Crippen LogP) is 1.68. The summed E-state index contributed by atoms with van der Waals surface area (Å²) >= 11 is 0. The monoisotopic (exact) mass is 383 g/mol. The number of fused-ring (bicyclic) bond motifs is 2. The lowest BCUT2D eigenvalue weighted by molar-refractivity contribution is 0.0731. The van der Waals surface area contributed by atoms with E-state index < -0.39 is 0 Å². The molecule has 0 bridgehead atoms. The molecule has 0 aromatic carbocycles. The second-order valence-electron chi connectivity index (χ2n) is 7.26. The number of H-pyrrole nitrogens is 1. The molecule has 28 heavy (non-hydrogen) atoms. The minimum Gasteiger partial charge on any atom is -0.385 e. The number of carbonyl (C=O) groups excluding carboxylic acids is 1. The van der Waals surface area contributed by atoms with E-state index in [0.717, 1.165) is 30.0 Å². The topological polar surface area (TPSA) is 84.6 Å². The Balaban J connectivity index is 1.60. The molecule has 1 aliphatic heterocycles. The van der Waals surface area contributed by atoms with Crippen LogP contribution in [0.15, 0.2) is 23.1 Å². The highest BCUT2D eigenvalue weighted by Gasteiger charge is 2.28. The summed E-state index contributed by atoms with van der Waals surface area (Å²) in [4.78, 5) is 32.3. The Morgan fingerprint density at radius 3 is 2.96 bits per heavy atom. The van der Waals surface area contributed by atoms with E-state index >= 15 is 0 Å². The maximum absolute atomic E-state index is 13.2. The predicted molar refractivity (Wildman–Crippen MR) is 105 cm³/mol. The van der Waals surface area contributed by atoms with Crippen molar-refractivity contribution in [2.24, 2.45) is 0 Å². The molecule has 0 aliphatic carbocycles. The third kappa shape index (κ3) is 3.03. The van der Waals surface area contributed by atoms with Gasteiger partial charge in [0.15, 0.2) is 5.65 Å². The highest BCUT2D eigenvalue weighted by molar-refractivity contribution is 5.95. The summed E-state index contributed by atoms with van der Waals surface area (Å²) in [5.41, 5.74) is 4.58. The smallest absolute Gasteiger partial charge is 0.277 e. The quantitative estimate of drug-likeness (QED) is 0.680. The lowest BCUT2D eigenvalue weighted by atomic mass is 10.1. The van der Waals surface area contributed by atoms with Crippen LogP contribution in [0.4, 0.5) is 0 Å². The van der Waals surface area contributed by atoms with E-state index in [0.29, 0.717) is 36.3 Å². The van der Waals surface area contributed by atoms with Gasteiger partial charge in [0, 0.05) is 56.9 Å². The van der Waals surface area contributed by atoms with E-state index in [1.807, 2.05) is 19.9 Å². The number of hydrogen-bond acceptors (Lipinski definition) is 4. The van der Waals surface area contributed by atoms with Crippen LogP contribution in [-0.4, -0.2) is 50.2 Å². The van der Waals surface area contributed by atoms with Gasteiger partial charge in [-0.3, -0.25) is 14.7 Å². The van der Waals surface area contributed by atoms with E-state index in [2.05, 4.69) is 14.6 Å². The lowest BCUT2D eigenvalue weighted by Crippen LogP contribution is -2.40. The Hall–Kier alpha value is -2.87. The average molecular weight is 383 g/mol. The SMILES string of the molecule is COCCCn1c(C)cc(C(=O)N2CCc3nc4cc[nH]n4c(=O)c3C2)c1C. The number of methoxy groups -OCH3 is 1. The van der Waals surface area contributed by atoms with Gasteiger partial charge >= 0.3 is 0 Å². The van der Waals surface area contributed by atoms with Crippen LogP contribution in [0.3, 0.4) is 0 Å². The number of amides is 1. The van der Waals surface area contributed by atoms with E-state index in [-0.39, 0.29) is 18.0 Å². The van der Waals surface area contributed by atoms with Crippen molar-refractivity contribution in [1.29, 1.82) is 0 Å². The number of ether oxygens (including phenoxy) is 1. The molecule has 0 saturated carbocycles. The van der Waals surface area contributed by atoms with E-state index in [9.17, 15) is 9.59 Å². The molecule has 0 spiro atoms. The highest BCUT2D eigenvalue weighted by atomic mass is 16.5. The molecule has 0 atom stereocenters. The Labute approximate surface area is 162 Å². The van der Waals surface area contributed by atoms with Crippen LogP contribution in [0, 0.1) is 13.8 Å². The Morgan fingerprint density at radius 1 is 1.36 bits per heavy atom. The van der Waals surface area contributed by atoms with Gasteiger partial charge in [-0.1, -0.05) is 0 Å². The zero-order valence-electron chi connectivity index (χ0n) is 16.5. The zero-order valence-corrected chi connectivity index (χ0v) is 16.5. The molecule has 3 aromatic heterocycles. The van der Waals surface area contributed by atoms with Gasteiger partial charge in [0.1, 0.15) is 0 Å². The third-order valence-electron chi connectivity index (χ3n) is 5.51. The minimum absolute atomic E-state index is 0.0345. The van der Waals surface area contributed by atoms with Crippen LogP contribution >= 0.6 is 0 Å². The fourth-order valence-corrected chi connectivity index (χ4v) is 3.99. The van der Waals surface area contributed by atoms with Crippen LogP contribution < -0.4 is 5.56 Å². The number of carbonyl (C=O) groups is 1. The first-order chi connectivity index (χ1) is 13.5. The lowest BCUT2D eigenvalue weighted by Gasteiger charge is -2.27. The Morgan fingerprint density at radius 2 is 2.18 bits per heavy atom. The van der Waals surface area contributed by atoms with Gasteiger partial charge in [-0.05, 0) is 26.3 Å². The summed E-state index contributed by atoms with van der Waals surface area (Å²) in [6.07, 6.45) is 3.17. The van der Waals surface area contributed by atoms with E-state index in [4.69, 9.17) is 4.74 Å². The first kappa shape index (κ1) is 18.5. The van der Waals surface area contributed by atoms with Crippen LogP contribution in [0.25, 0.3) is 5.65 Å². The zero-order chi connectivity index (χ0) is 19.8. The van der Waals surface area contributed by atoms with Crippen molar-refractivity contribution in [3.63, 3.8) is 0 Å². The minimum atomic E-state index is -0.132. The number of aromatic amines is 1. The number of nitrogens with one attached hydrogen (secondary N) is 1. The van der Waals surface area contributed by atoms with E-state index in [1.165, 1.54) is 4.52 Å². The fraction of sp³-hybridized carbons (Fsp3) is 0.450. The molecule has 148 valence electrons. The van der Waals surface area contributed by atoms with Gasteiger partial charge in [0.05, 0.1) is 23.4 Å². The molecular weight excluding hydrogens is 358 g/mol. The van der Waals surface area contributed by atoms with E-state index in [1.54, 1.807) is 24.3 Å². The Kier molecular flexibility index (Phi) is 4.80. The van der Waals surface area contributed by atoms with Gasteiger partial charge in [0.25, 0.3) is 11.5 Å². The van der Waals surface area contributed by atoms with Gasteiger partial charge in [-0.15, -0.1) is 0 Å². The van der Waals surface area contributed by atoms with Crippen molar-refractivity contribution in [2.45, 2.75) is 39.8 Å². The number of nitrogens with zero attached hydrogens (tertiary/aromatic N) is 4. The van der Waals surface area contributed by atoms with Crippen molar-refractivity contribution < 1.29 is 9.53 Å². The van der Waals surface area contributed by atoms with Gasteiger partial charge < -0.3 is 14.2 Å². The second-order valence-corrected chi connectivity index (χ2v) is 7.26. The van der Waals surface area contributed by atoms with Gasteiger partial charge in [0.2, 0.25) is 0 Å². The van der Waals surface area contributed by atoms with Crippen molar-refractivity contribution in [2.75, 3.05) is 20.3 Å². The van der Waals surface area contributed by atoms with Crippen molar-refractivity contribution >= 4 is 11.6 Å². The largest absolute Gasteiger partial charge is 0.385 e. The molecule has 0 unspecified atom stereocenters. The van der Waals surface area contributed by atoms with Crippen LogP contribution in [0.1, 0.15) is 39.4 Å². The van der Waals surface area contributed by atoms with Crippen LogP contribution in [0.2, 0.25) is 0 Å². The maximum Gasteiger partial charge on any atom is 0.277 e. The molecule has 1 N–H and O–H groups in total. The first-order valence-corrected chi connectivity index (χ1v) is 9.54. The molecule has 8 nitrogen and oxygen atoms in total. The third-order valence-corrected chi connectivity index (χ3v) is 5.51. The average Bonchev–Trinajstić information content (AvgIpc) is 3.27. The molecule has 0 radical (unpaired) electrons. The Bertz CT molecular complexity index is 1090. The number of hydrogen-bond donors (Lipinski definition) is 1. The number of aryl methyl sites for hydroxylation is 1. The fourth-order valence-electron chi connectivity index (χ4n) is 3.99. The number of aromatic nitrogens is 4. The number of rotatable bonds is 5. The maximum atomic E-state index is 13.2. The van der Waals surface area contributed by atoms with Crippen molar-refractivity contribution in [3.05, 3.63) is 56.9 Å². The summed E-state index contributed by atoms with van der Waals surface area (Å²) < 4.78 is 8.71. The van der Waals surface area contributed by atoms with Crippen LogP contribution in [0.5, 0.6) is 0 Å². The summed E-state index contributed by atoms with van der Waals surface area (Å²) in [5.74, 6) is -0.0345. The first-order valence-electron chi connectivity index (χ1n) is 9.54. The van der Waals surface area contributed by atoms with Crippen LogP contribution in [-0.2, 0) is 24.2 Å². The molecule has 4 heterocycles. The van der Waals surface area contributed by atoms with Crippen molar-refractivity contribution in [3.8, 4) is 0 Å². The summed E-state index contributed by atoms with van der Waals surface area (Å²) in [6.45, 7) is 6.34. The molecule has 1 amide bonds. The second kappa shape index (κ2) is 7.27. The molecule has 0 saturated heterocycles. The molecule has 4 rings (SSSR count). The summed E-state index contributed by atoms with van der Waals surface area (Å²) in [5, 5.41) is 2.88. The van der Waals surface area contributed by atoms with Gasteiger partial charge in [-0.2, -0.15) is 0 Å². The molecule has 3 aromatic rings. The standard InChI is InChI=1S/C20H25N5O3/c1-13-11-15(14(2)24(13)8-4-10-28-3)19(26)23-9-6-17-16(12-23)20(27)25-18(22-17)5-7-21-25/h5,7,11,21H,4,6,8-10,12H2,1-3H3. The molecule has 8 heteroatoms. The molecular formula is C20H25N5O3.